The van der Waals surface area contributed by atoms with Gasteiger partial charge in [-0.15, -0.1) is 0 Å². The molecule has 1 aliphatic rings. The van der Waals surface area contributed by atoms with Crippen LogP contribution in [0.3, 0.4) is 0 Å². The Morgan fingerprint density at radius 1 is 1.35 bits per heavy atom. The first-order valence-electron chi connectivity index (χ1n) is 7.26. The standard InChI is InChI=1S/C16H24N2O2/c1-12(16(17)19)18-9-7-14(8-10-18)11-13-3-5-15(20-2)6-4-13/h3-6,12,14H,7-11H2,1-2H3,(H2,17,19). The second-order valence-electron chi connectivity index (χ2n) is 5.61. The number of methoxy groups -OCH3 is 1. The Bertz CT molecular complexity index is 436. The molecule has 4 nitrogen and oxygen atoms in total. The Hall–Kier alpha value is -1.55. The van der Waals surface area contributed by atoms with Crippen molar-refractivity contribution in [3.8, 4) is 5.75 Å². The molecule has 20 heavy (non-hydrogen) atoms. The van der Waals surface area contributed by atoms with Crippen molar-refractivity contribution in [1.29, 1.82) is 0 Å². The molecule has 1 heterocycles. The van der Waals surface area contributed by atoms with Crippen LogP contribution in [0.5, 0.6) is 5.75 Å². The molecule has 0 spiro atoms. The molecular weight excluding hydrogens is 252 g/mol. The average molecular weight is 276 g/mol. The van der Waals surface area contributed by atoms with Gasteiger partial charge < -0.3 is 10.5 Å². The third-order valence-corrected chi connectivity index (χ3v) is 4.29. The van der Waals surface area contributed by atoms with E-state index in [1.54, 1.807) is 7.11 Å². The van der Waals surface area contributed by atoms with Gasteiger partial charge in [0.2, 0.25) is 5.91 Å². The number of nitrogens with two attached hydrogens (primary N) is 1. The van der Waals surface area contributed by atoms with Crippen LogP contribution in [0.25, 0.3) is 0 Å². The van der Waals surface area contributed by atoms with E-state index < -0.39 is 0 Å². The lowest BCUT2D eigenvalue weighted by atomic mass is 9.89. The lowest BCUT2D eigenvalue weighted by Gasteiger charge is -2.34. The van der Waals surface area contributed by atoms with Gasteiger partial charge in [-0.2, -0.15) is 0 Å². The van der Waals surface area contributed by atoms with Gasteiger partial charge in [0.25, 0.3) is 0 Å². The molecule has 1 atom stereocenters. The fraction of sp³-hybridized carbons (Fsp3) is 0.562. The number of amides is 1. The van der Waals surface area contributed by atoms with Crippen LogP contribution in [-0.2, 0) is 11.2 Å². The monoisotopic (exact) mass is 276 g/mol. The SMILES string of the molecule is COc1ccc(CC2CCN(C(C)C(N)=O)CC2)cc1. The van der Waals surface area contributed by atoms with Crippen LogP contribution in [0.4, 0.5) is 0 Å². The Labute approximate surface area is 120 Å². The van der Waals surface area contributed by atoms with Crippen molar-refractivity contribution in [2.75, 3.05) is 20.2 Å². The molecule has 0 bridgehead atoms. The van der Waals surface area contributed by atoms with E-state index in [-0.39, 0.29) is 11.9 Å². The summed E-state index contributed by atoms with van der Waals surface area (Å²) in [6.07, 6.45) is 3.36. The van der Waals surface area contributed by atoms with Crippen LogP contribution >= 0.6 is 0 Å². The first-order chi connectivity index (χ1) is 9.60. The molecule has 0 saturated carbocycles. The zero-order valence-electron chi connectivity index (χ0n) is 12.3. The molecule has 110 valence electrons. The first-order valence-corrected chi connectivity index (χ1v) is 7.26. The minimum absolute atomic E-state index is 0.142. The lowest BCUT2D eigenvalue weighted by molar-refractivity contribution is -0.123. The smallest absolute Gasteiger partial charge is 0.234 e. The number of primary amides is 1. The highest BCUT2D eigenvalue weighted by Gasteiger charge is 2.25. The third-order valence-electron chi connectivity index (χ3n) is 4.29. The highest BCUT2D eigenvalue weighted by Crippen LogP contribution is 2.23. The summed E-state index contributed by atoms with van der Waals surface area (Å²) < 4.78 is 5.17. The van der Waals surface area contributed by atoms with E-state index in [9.17, 15) is 4.79 Å². The van der Waals surface area contributed by atoms with Crippen LogP contribution in [0.15, 0.2) is 24.3 Å². The summed E-state index contributed by atoms with van der Waals surface area (Å²) in [5.41, 5.74) is 6.71. The number of likely N-dealkylation sites (tertiary alicyclic amines) is 1. The predicted octanol–water partition coefficient (Wildman–Crippen LogP) is 1.82. The predicted molar refractivity (Wildman–Crippen MR) is 79.7 cm³/mol. The molecule has 2 N–H and O–H groups in total. The van der Waals surface area contributed by atoms with Gasteiger partial charge in [-0.05, 0) is 62.9 Å². The van der Waals surface area contributed by atoms with Crippen LogP contribution in [0.1, 0.15) is 25.3 Å². The Morgan fingerprint density at radius 2 is 1.95 bits per heavy atom. The summed E-state index contributed by atoms with van der Waals surface area (Å²) in [6.45, 7) is 3.82. The van der Waals surface area contributed by atoms with Crippen molar-refractivity contribution < 1.29 is 9.53 Å². The first kappa shape index (κ1) is 14.9. The number of rotatable bonds is 5. The molecule has 1 saturated heterocycles. The van der Waals surface area contributed by atoms with Crippen molar-refractivity contribution in [2.45, 2.75) is 32.2 Å². The number of hydrogen-bond donors (Lipinski definition) is 1. The summed E-state index contributed by atoms with van der Waals surface area (Å²) >= 11 is 0. The molecule has 2 rings (SSSR count). The normalized spacial score (nSPS) is 18.7. The molecule has 1 amide bonds. The van der Waals surface area contributed by atoms with Gasteiger partial charge in [-0.1, -0.05) is 12.1 Å². The highest BCUT2D eigenvalue weighted by atomic mass is 16.5. The van der Waals surface area contributed by atoms with E-state index in [2.05, 4.69) is 17.0 Å². The summed E-state index contributed by atoms with van der Waals surface area (Å²) in [6, 6.07) is 8.16. The van der Waals surface area contributed by atoms with E-state index in [0.717, 1.165) is 38.1 Å². The highest BCUT2D eigenvalue weighted by molar-refractivity contribution is 5.79. The maximum atomic E-state index is 11.2. The van der Waals surface area contributed by atoms with Crippen molar-refractivity contribution in [2.24, 2.45) is 11.7 Å². The molecule has 0 aromatic heterocycles. The summed E-state index contributed by atoms with van der Waals surface area (Å²) in [4.78, 5) is 13.4. The molecule has 4 heteroatoms. The lowest BCUT2D eigenvalue weighted by Crippen LogP contribution is -2.46. The van der Waals surface area contributed by atoms with E-state index in [4.69, 9.17) is 10.5 Å². The topological polar surface area (TPSA) is 55.6 Å². The zero-order valence-corrected chi connectivity index (χ0v) is 12.3. The van der Waals surface area contributed by atoms with Gasteiger partial charge in [-0.3, -0.25) is 9.69 Å². The maximum Gasteiger partial charge on any atom is 0.234 e. The second-order valence-corrected chi connectivity index (χ2v) is 5.61. The molecule has 0 aliphatic carbocycles. The van der Waals surface area contributed by atoms with Crippen molar-refractivity contribution in [3.05, 3.63) is 29.8 Å². The molecule has 1 aliphatic heterocycles. The van der Waals surface area contributed by atoms with Crippen LogP contribution in [0, 0.1) is 5.92 Å². The van der Waals surface area contributed by atoms with Gasteiger partial charge in [0.1, 0.15) is 5.75 Å². The van der Waals surface area contributed by atoms with Gasteiger partial charge in [0.05, 0.1) is 13.2 Å². The van der Waals surface area contributed by atoms with Crippen LogP contribution < -0.4 is 10.5 Å². The van der Waals surface area contributed by atoms with Gasteiger partial charge in [0, 0.05) is 0 Å². The third kappa shape index (κ3) is 3.73. The molecule has 0 radical (unpaired) electrons. The minimum atomic E-state index is -0.224. The number of nitrogens with zero attached hydrogens (tertiary/aromatic N) is 1. The van der Waals surface area contributed by atoms with E-state index in [1.807, 2.05) is 19.1 Å². The number of carbonyl (C=O) groups is 1. The van der Waals surface area contributed by atoms with Crippen LogP contribution in [-0.4, -0.2) is 37.0 Å². The molecule has 1 fully saturated rings. The summed E-state index contributed by atoms with van der Waals surface area (Å²) in [5, 5.41) is 0. The Kier molecular flexibility index (Phi) is 5.01. The van der Waals surface area contributed by atoms with Gasteiger partial charge >= 0.3 is 0 Å². The fourth-order valence-electron chi connectivity index (χ4n) is 2.82. The number of hydrogen-bond acceptors (Lipinski definition) is 3. The largest absolute Gasteiger partial charge is 0.497 e. The van der Waals surface area contributed by atoms with Crippen LogP contribution in [0.2, 0.25) is 0 Å². The summed E-state index contributed by atoms with van der Waals surface area (Å²) in [7, 11) is 1.69. The molecule has 1 unspecified atom stereocenters. The number of ether oxygens (including phenoxy) is 1. The number of carbonyl (C=O) groups excluding carboxylic acids is 1. The average Bonchev–Trinajstić information content (AvgIpc) is 2.48. The van der Waals surface area contributed by atoms with Crippen molar-refractivity contribution in [1.82, 2.24) is 4.90 Å². The maximum absolute atomic E-state index is 11.2. The number of benzene rings is 1. The van der Waals surface area contributed by atoms with Crippen molar-refractivity contribution >= 4 is 5.91 Å². The second kappa shape index (κ2) is 6.75. The van der Waals surface area contributed by atoms with Gasteiger partial charge in [-0.25, -0.2) is 0 Å². The molecule has 1 aromatic rings. The van der Waals surface area contributed by atoms with E-state index in [0.29, 0.717) is 5.92 Å². The Morgan fingerprint density at radius 3 is 2.45 bits per heavy atom. The molecule has 1 aromatic carbocycles. The quantitative estimate of drug-likeness (QED) is 0.892. The fourth-order valence-corrected chi connectivity index (χ4v) is 2.82. The summed E-state index contributed by atoms with van der Waals surface area (Å²) in [5.74, 6) is 1.37. The minimum Gasteiger partial charge on any atom is -0.497 e. The van der Waals surface area contributed by atoms with E-state index >= 15 is 0 Å². The molecular formula is C16H24N2O2. The zero-order chi connectivity index (χ0) is 14.5. The van der Waals surface area contributed by atoms with Crippen molar-refractivity contribution in [3.63, 3.8) is 0 Å². The number of piperidine rings is 1. The Balaban J connectivity index is 1.83. The van der Waals surface area contributed by atoms with E-state index in [1.165, 1.54) is 5.56 Å². The van der Waals surface area contributed by atoms with Gasteiger partial charge in [0.15, 0.2) is 0 Å².